The van der Waals surface area contributed by atoms with Gasteiger partial charge < -0.3 is 4.74 Å². The molecule has 1 amide bonds. The van der Waals surface area contributed by atoms with Gasteiger partial charge in [0.15, 0.2) is 5.75 Å². The monoisotopic (exact) mass is 384 g/mol. The highest BCUT2D eigenvalue weighted by Crippen LogP contribution is 2.33. The Morgan fingerprint density at radius 3 is 2.38 bits per heavy atom. The molecule has 1 N–H and O–H groups in total. The molecule has 0 atom stereocenters. The minimum Gasteiger partial charge on any atom is -0.491 e. The zero-order valence-corrected chi connectivity index (χ0v) is 15.1. The summed E-state index contributed by atoms with van der Waals surface area (Å²) < 4.78 is 5.35. The number of ether oxygens (including phenoxy) is 1. The fourth-order valence-electron chi connectivity index (χ4n) is 1.94. The summed E-state index contributed by atoms with van der Waals surface area (Å²) in [7, 11) is 0. The van der Waals surface area contributed by atoms with E-state index in [4.69, 9.17) is 39.5 Å². The van der Waals surface area contributed by atoms with Gasteiger partial charge in [0.05, 0.1) is 29.3 Å². The average Bonchev–Trinajstić information content (AvgIpc) is 2.53. The Balaban J connectivity index is 1.96. The van der Waals surface area contributed by atoms with Gasteiger partial charge in [-0.05, 0) is 42.3 Å². The van der Waals surface area contributed by atoms with Gasteiger partial charge in [0.25, 0.3) is 0 Å². The van der Waals surface area contributed by atoms with Crippen LogP contribution >= 0.6 is 34.8 Å². The smallest absolute Gasteiger partial charge is 0.244 e. The van der Waals surface area contributed by atoms with Crippen LogP contribution in [0.1, 0.15) is 18.1 Å². The molecule has 0 aromatic heterocycles. The first-order valence-electron chi connectivity index (χ1n) is 7.17. The third kappa shape index (κ3) is 5.41. The summed E-state index contributed by atoms with van der Waals surface area (Å²) >= 11 is 18.0. The van der Waals surface area contributed by atoms with Crippen LogP contribution in [-0.4, -0.2) is 18.7 Å². The van der Waals surface area contributed by atoms with E-state index in [1.165, 1.54) is 6.21 Å². The molecule has 0 heterocycles. The molecule has 0 aliphatic carbocycles. The number of benzene rings is 2. The third-order valence-electron chi connectivity index (χ3n) is 2.99. The second kappa shape index (κ2) is 8.92. The molecule has 0 saturated carbocycles. The van der Waals surface area contributed by atoms with Crippen LogP contribution in [0.5, 0.6) is 5.75 Å². The van der Waals surface area contributed by atoms with Crippen LogP contribution in [0, 0.1) is 0 Å². The summed E-state index contributed by atoms with van der Waals surface area (Å²) in [6, 6.07) is 10.4. The third-order valence-corrected chi connectivity index (χ3v) is 3.80. The Hall–Kier alpha value is -1.75. The van der Waals surface area contributed by atoms with E-state index in [1.54, 1.807) is 36.4 Å². The van der Waals surface area contributed by atoms with Gasteiger partial charge in [-0.25, -0.2) is 5.43 Å². The van der Waals surface area contributed by atoms with E-state index in [1.807, 2.05) is 6.92 Å². The molecule has 2 aromatic carbocycles. The second-order valence-electron chi connectivity index (χ2n) is 4.84. The average molecular weight is 386 g/mol. The lowest BCUT2D eigenvalue weighted by molar-refractivity contribution is -0.120. The van der Waals surface area contributed by atoms with Gasteiger partial charge in [0.2, 0.25) is 5.91 Å². The van der Waals surface area contributed by atoms with E-state index in [0.717, 1.165) is 5.56 Å². The molecule has 4 nitrogen and oxygen atoms in total. The minimum absolute atomic E-state index is 0.208. The van der Waals surface area contributed by atoms with Crippen molar-refractivity contribution < 1.29 is 9.53 Å². The maximum atomic E-state index is 11.8. The van der Waals surface area contributed by atoms with E-state index in [-0.39, 0.29) is 12.3 Å². The minimum atomic E-state index is -0.239. The zero-order chi connectivity index (χ0) is 17.5. The van der Waals surface area contributed by atoms with E-state index in [0.29, 0.717) is 33.0 Å². The highest BCUT2D eigenvalue weighted by molar-refractivity contribution is 6.37. The highest BCUT2D eigenvalue weighted by Gasteiger charge is 2.08. The summed E-state index contributed by atoms with van der Waals surface area (Å²) in [6.07, 6.45) is 1.67. The van der Waals surface area contributed by atoms with Crippen molar-refractivity contribution in [2.75, 3.05) is 6.61 Å². The van der Waals surface area contributed by atoms with Crippen LogP contribution in [-0.2, 0) is 11.2 Å². The van der Waals surface area contributed by atoms with E-state index in [2.05, 4.69) is 10.5 Å². The SMILES string of the molecule is CCOc1c(Cl)cc(/C=N\NC(=O)Cc2ccc(Cl)cc2)cc1Cl. The summed E-state index contributed by atoms with van der Waals surface area (Å²) in [5, 5.41) is 5.31. The lowest BCUT2D eigenvalue weighted by Crippen LogP contribution is -2.19. The molecule has 2 rings (SSSR count). The highest BCUT2D eigenvalue weighted by atomic mass is 35.5. The quantitative estimate of drug-likeness (QED) is 0.577. The van der Waals surface area contributed by atoms with Gasteiger partial charge in [-0.15, -0.1) is 0 Å². The van der Waals surface area contributed by atoms with Gasteiger partial charge in [0, 0.05) is 5.02 Å². The Morgan fingerprint density at radius 1 is 1.17 bits per heavy atom. The van der Waals surface area contributed by atoms with Gasteiger partial charge in [-0.2, -0.15) is 5.10 Å². The molecule has 126 valence electrons. The number of halogens is 3. The molecule has 7 heteroatoms. The Morgan fingerprint density at radius 2 is 1.79 bits per heavy atom. The van der Waals surface area contributed by atoms with Crippen molar-refractivity contribution in [3.05, 3.63) is 62.6 Å². The fourth-order valence-corrected chi connectivity index (χ4v) is 2.68. The first kappa shape index (κ1) is 18.6. The molecule has 0 saturated heterocycles. The lowest BCUT2D eigenvalue weighted by Gasteiger charge is -2.08. The van der Waals surface area contributed by atoms with Gasteiger partial charge >= 0.3 is 0 Å². The molecular formula is C17H15Cl3N2O2. The fraction of sp³-hybridized carbons (Fsp3) is 0.176. The number of carbonyl (C=O) groups excluding carboxylic acids is 1. The Bertz CT molecular complexity index is 723. The molecule has 0 fully saturated rings. The molecule has 0 bridgehead atoms. The number of nitrogens with one attached hydrogen (secondary N) is 1. The Labute approximate surface area is 155 Å². The zero-order valence-electron chi connectivity index (χ0n) is 12.9. The summed E-state index contributed by atoms with van der Waals surface area (Å²) in [5.41, 5.74) is 3.95. The first-order chi connectivity index (χ1) is 11.5. The maximum Gasteiger partial charge on any atom is 0.244 e. The van der Waals surface area contributed by atoms with Crippen molar-refractivity contribution in [2.45, 2.75) is 13.3 Å². The molecule has 0 aliphatic rings. The predicted octanol–water partition coefficient (Wildman–Crippen LogP) is 4.74. The van der Waals surface area contributed by atoms with E-state index >= 15 is 0 Å². The molecule has 0 unspecified atom stereocenters. The standard InChI is InChI=1S/C17H15Cl3N2O2/c1-2-24-17-14(19)7-12(8-15(17)20)10-21-22-16(23)9-11-3-5-13(18)6-4-11/h3-8,10H,2,9H2,1H3,(H,22,23)/b21-10-. The molecule has 0 aliphatic heterocycles. The maximum absolute atomic E-state index is 11.8. The van der Waals surface area contributed by atoms with Crippen molar-refractivity contribution in [3.63, 3.8) is 0 Å². The second-order valence-corrected chi connectivity index (χ2v) is 6.09. The topological polar surface area (TPSA) is 50.7 Å². The lowest BCUT2D eigenvalue weighted by atomic mass is 10.1. The van der Waals surface area contributed by atoms with Crippen molar-refractivity contribution >= 4 is 46.9 Å². The van der Waals surface area contributed by atoms with Crippen molar-refractivity contribution in [1.82, 2.24) is 5.43 Å². The molecule has 24 heavy (non-hydrogen) atoms. The molecule has 0 spiro atoms. The van der Waals surface area contributed by atoms with Crippen LogP contribution in [0.15, 0.2) is 41.5 Å². The Kier molecular flexibility index (Phi) is 6.91. The van der Waals surface area contributed by atoms with Crippen LogP contribution in [0.4, 0.5) is 0 Å². The van der Waals surface area contributed by atoms with Crippen LogP contribution in [0.3, 0.4) is 0 Å². The van der Waals surface area contributed by atoms with Crippen LogP contribution in [0.25, 0.3) is 0 Å². The normalized spacial score (nSPS) is 10.8. The number of rotatable bonds is 6. The number of carbonyl (C=O) groups is 1. The van der Waals surface area contributed by atoms with Gasteiger partial charge in [0.1, 0.15) is 0 Å². The molecular weight excluding hydrogens is 371 g/mol. The summed E-state index contributed by atoms with van der Waals surface area (Å²) in [4.78, 5) is 11.8. The molecule has 0 radical (unpaired) electrons. The first-order valence-corrected chi connectivity index (χ1v) is 8.31. The van der Waals surface area contributed by atoms with Gasteiger partial charge in [-0.3, -0.25) is 4.79 Å². The van der Waals surface area contributed by atoms with Crippen molar-refractivity contribution in [2.24, 2.45) is 5.10 Å². The number of hydrazone groups is 1. The largest absolute Gasteiger partial charge is 0.491 e. The van der Waals surface area contributed by atoms with Crippen LogP contribution in [0.2, 0.25) is 15.1 Å². The number of hydrogen-bond donors (Lipinski definition) is 1. The number of hydrogen-bond acceptors (Lipinski definition) is 3. The summed E-state index contributed by atoms with van der Waals surface area (Å²) in [6.45, 7) is 2.31. The van der Waals surface area contributed by atoms with E-state index in [9.17, 15) is 4.79 Å². The number of amides is 1. The van der Waals surface area contributed by atoms with Crippen molar-refractivity contribution in [1.29, 1.82) is 0 Å². The van der Waals surface area contributed by atoms with E-state index < -0.39 is 0 Å². The van der Waals surface area contributed by atoms with Crippen LogP contribution < -0.4 is 10.2 Å². The summed E-state index contributed by atoms with van der Waals surface area (Å²) in [5.74, 6) is 0.196. The molecule has 2 aromatic rings. The number of nitrogens with zero attached hydrogens (tertiary/aromatic N) is 1. The predicted molar refractivity (Wildman–Crippen MR) is 98.5 cm³/mol. The van der Waals surface area contributed by atoms with Crippen molar-refractivity contribution in [3.8, 4) is 5.75 Å². The van der Waals surface area contributed by atoms with Gasteiger partial charge in [-0.1, -0.05) is 46.9 Å².